The molecule has 0 bridgehead atoms. The van der Waals surface area contributed by atoms with Crippen molar-refractivity contribution in [2.75, 3.05) is 0 Å². The molecule has 0 fully saturated rings. The maximum Gasteiger partial charge on any atom is 0.144 e. The highest BCUT2D eigenvalue weighted by molar-refractivity contribution is 8.02. The zero-order valence-electron chi connectivity index (χ0n) is 27.1. The molecule has 0 unspecified atom stereocenters. The minimum atomic E-state index is -2.25. The monoisotopic (exact) mass is 786 g/mol. The molecule has 0 aliphatic heterocycles. The number of benzene rings is 7. The molecule has 0 atom stereocenters. The average Bonchev–Trinajstić information content (AvgIpc) is 3.13. The third kappa shape index (κ3) is 6.17. The van der Waals surface area contributed by atoms with E-state index in [9.17, 15) is 0 Å². The van der Waals surface area contributed by atoms with Crippen LogP contribution in [0.1, 0.15) is 11.1 Å². The van der Waals surface area contributed by atoms with Crippen LogP contribution in [0, 0.1) is 13.8 Å². The number of halogens is 2. The quantitative estimate of drug-likeness (QED) is 0.206. The molecule has 0 radical (unpaired) electrons. The second-order valence-corrected chi connectivity index (χ2v) is 18.5. The molecular weight excluding hydrogens is 750 g/mol. The fraction of sp³-hybridized carbons (Fsp3) is 0.0455. The van der Waals surface area contributed by atoms with Gasteiger partial charge in [-0.2, -0.15) is 0 Å². The van der Waals surface area contributed by atoms with Crippen LogP contribution in [-0.4, -0.2) is 0 Å². The number of rotatable bonds is 8. The van der Waals surface area contributed by atoms with Crippen molar-refractivity contribution in [1.29, 1.82) is 0 Å². The van der Waals surface area contributed by atoms with Crippen molar-refractivity contribution in [2.45, 2.75) is 13.8 Å². The lowest BCUT2D eigenvalue weighted by atomic mass is 10.2. The molecule has 238 valence electrons. The highest BCUT2D eigenvalue weighted by Gasteiger charge is 2.52. The van der Waals surface area contributed by atoms with Gasteiger partial charge in [0, 0.05) is 0 Å². The smallest absolute Gasteiger partial charge is 0.144 e. The van der Waals surface area contributed by atoms with Gasteiger partial charge in [-0.15, -0.1) is 0 Å². The summed E-state index contributed by atoms with van der Waals surface area (Å²) in [5, 5.41) is 11.1. The first-order valence-electron chi connectivity index (χ1n) is 15.9. The number of hydrogen-bond donors (Lipinski definition) is 0. The van der Waals surface area contributed by atoms with Gasteiger partial charge in [-0.05, 0) is 110 Å². The van der Waals surface area contributed by atoms with Crippen molar-refractivity contribution in [3.63, 3.8) is 0 Å². The van der Waals surface area contributed by atoms with E-state index in [-0.39, 0.29) is 34.0 Å². The van der Waals surface area contributed by atoms with Crippen LogP contribution < -0.4 is 76.4 Å². The van der Waals surface area contributed by atoms with Crippen LogP contribution in [0.25, 0.3) is 0 Å². The fourth-order valence-corrected chi connectivity index (χ4v) is 16.3. The topological polar surface area (TPSA) is 0 Å². The van der Waals surface area contributed by atoms with Gasteiger partial charge in [0.25, 0.3) is 0 Å². The van der Waals surface area contributed by atoms with Crippen molar-refractivity contribution in [2.24, 2.45) is 0 Å². The first-order chi connectivity index (χ1) is 22.7. The van der Waals surface area contributed by atoms with Crippen LogP contribution in [0.15, 0.2) is 194 Å². The van der Waals surface area contributed by atoms with Crippen molar-refractivity contribution in [3.05, 3.63) is 205 Å². The first kappa shape index (κ1) is 35.7. The van der Waals surface area contributed by atoms with Crippen LogP contribution in [0.2, 0.25) is 0 Å². The fourth-order valence-electron chi connectivity index (χ4n) is 7.15. The molecule has 48 heavy (non-hydrogen) atoms. The standard InChI is InChI=1S/C44H38P2.2BrH/c1-35-33-44(46(40-27-15-6-16-28-40,41-29-17-7-18-30-41)42-31-19-8-20-32-42)36(2)34-43(35)45(37-21-9-3-10-22-37,38-23-11-4-12-24-38)39-25-13-5-14-26-39;;/h3-34H,1-2H3;2*1H/q+2;;/p-2. The van der Waals surface area contributed by atoms with Crippen molar-refractivity contribution in [3.8, 4) is 0 Å². The van der Waals surface area contributed by atoms with Crippen molar-refractivity contribution < 1.29 is 34.0 Å². The summed E-state index contributed by atoms with van der Waals surface area (Å²) in [6.07, 6.45) is 0. The Morgan fingerprint density at radius 3 is 0.604 bits per heavy atom. The van der Waals surface area contributed by atoms with E-state index < -0.39 is 14.5 Å². The predicted molar refractivity (Wildman–Crippen MR) is 205 cm³/mol. The van der Waals surface area contributed by atoms with Crippen molar-refractivity contribution in [1.82, 2.24) is 0 Å². The predicted octanol–water partition coefficient (Wildman–Crippen LogP) is 1.55. The molecule has 0 saturated carbocycles. The van der Waals surface area contributed by atoms with E-state index >= 15 is 0 Å². The largest absolute Gasteiger partial charge is 1.00 e. The van der Waals surface area contributed by atoms with E-state index in [4.69, 9.17) is 0 Å². The van der Waals surface area contributed by atoms with E-state index in [1.165, 1.54) is 53.6 Å². The molecule has 7 rings (SSSR count). The van der Waals surface area contributed by atoms with Gasteiger partial charge in [0.15, 0.2) is 0 Å². The Labute approximate surface area is 308 Å². The Balaban J connectivity index is 0.00000225. The summed E-state index contributed by atoms with van der Waals surface area (Å²) in [6.45, 7) is 4.69. The zero-order valence-corrected chi connectivity index (χ0v) is 32.1. The van der Waals surface area contributed by atoms with Crippen molar-refractivity contribution >= 4 is 57.0 Å². The molecule has 4 heteroatoms. The van der Waals surface area contributed by atoms with Gasteiger partial charge in [-0.1, -0.05) is 109 Å². The molecule has 0 nitrogen and oxygen atoms in total. The van der Waals surface area contributed by atoms with Gasteiger partial charge >= 0.3 is 0 Å². The minimum absolute atomic E-state index is 0. The lowest BCUT2D eigenvalue weighted by Gasteiger charge is -2.32. The van der Waals surface area contributed by atoms with Gasteiger partial charge in [-0.3, -0.25) is 0 Å². The second kappa shape index (κ2) is 15.7. The summed E-state index contributed by atoms with van der Waals surface area (Å²) in [4.78, 5) is 0. The Hall–Kier alpha value is -3.64. The van der Waals surface area contributed by atoms with Crippen LogP contribution in [0.4, 0.5) is 0 Å². The van der Waals surface area contributed by atoms with E-state index in [0.717, 1.165) is 0 Å². The Kier molecular flexibility index (Phi) is 11.7. The van der Waals surface area contributed by atoms with Gasteiger partial charge in [0.1, 0.15) is 57.0 Å². The van der Waals surface area contributed by atoms with Crippen LogP contribution in [0.5, 0.6) is 0 Å². The minimum Gasteiger partial charge on any atom is -1.00 e. The molecular formula is C44H38Br2P2. The van der Waals surface area contributed by atoms with Gasteiger partial charge in [0.05, 0.1) is 0 Å². The molecule has 0 aliphatic carbocycles. The third-order valence-corrected chi connectivity index (χ3v) is 17.9. The highest BCUT2D eigenvalue weighted by Crippen LogP contribution is 2.58. The van der Waals surface area contributed by atoms with Crippen LogP contribution >= 0.6 is 14.5 Å². The molecule has 0 aromatic heterocycles. The Morgan fingerprint density at radius 2 is 0.438 bits per heavy atom. The lowest BCUT2D eigenvalue weighted by Crippen LogP contribution is -3.00. The molecule has 0 saturated heterocycles. The van der Waals surface area contributed by atoms with Gasteiger partial charge in [0.2, 0.25) is 0 Å². The van der Waals surface area contributed by atoms with E-state index in [2.05, 4.69) is 208 Å². The molecule has 0 heterocycles. The first-order valence-corrected chi connectivity index (χ1v) is 19.5. The summed E-state index contributed by atoms with van der Waals surface area (Å²) in [5.74, 6) is 0. The molecule has 0 aliphatic rings. The summed E-state index contributed by atoms with van der Waals surface area (Å²) in [7, 11) is -4.49. The highest BCUT2D eigenvalue weighted by atomic mass is 79.9. The maximum atomic E-state index is 2.55. The number of aryl methyl sites for hydroxylation is 2. The van der Waals surface area contributed by atoms with E-state index in [1.807, 2.05) is 0 Å². The van der Waals surface area contributed by atoms with E-state index in [0.29, 0.717) is 0 Å². The molecule has 7 aromatic rings. The van der Waals surface area contributed by atoms with Crippen LogP contribution in [-0.2, 0) is 0 Å². The summed E-state index contributed by atoms with van der Waals surface area (Å²) >= 11 is 0. The van der Waals surface area contributed by atoms with Crippen LogP contribution in [0.3, 0.4) is 0 Å². The molecule has 0 spiro atoms. The SMILES string of the molecule is Cc1cc([P+](c2ccccc2)(c2ccccc2)c2ccccc2)c(C)cc1[P+](c1ccccc1)(c1ccccc1)c1ccccc1.[Br-].[Br-]. The molecule has 7 aromatic carbocycles. The van der Waals surface area contributed by atoms with Gasteiger partial charge in [-0.25, -0.2) is 0 Å². The number of hydrogen-bond acceptors (Lipinski definition) is 0. The molecule has 0 N–H and O–H groups in total. The average molecular weight is 789 g/mol. The zero-order chi connectivity index (χ0) is 31.4. The normalized spacial score (nSPS) is 11.2. The second-order valence-electron chi connectivity index (χ2n) is 11.8. The Bertz CT molecular complexity index is 1690. The Morgan fingerprint density at radius 1 is 0.271 bits per heavy atom. The van der Waals surface area contributed by atoms with Gasteiger partial charge < -0.3 is 34.0 Å². The summed E-state index contributed by atoms with van der Waals surface area (Å²) < 4.78 is 0. The summed E-state index contributed by atoms with van der Waals surface area (Å²) in [5.41, 5.74) is 2.66. The van der Waals surface area contributed by atoms with E-state index in [1.54, 1.807) is 0 Å². The maximum absolute atomic E-state index is 2.55. The third-order valence-electron chi connectivity index (χ3n) is 9.10. The molecule has 0 amide bonds. The summed E-state index contributed by atoms with van der Waals surface area (Å²) in [6, 6.07) is 72.3. The lowest BCUT2D eigenvalue weighted by molar-refractivity contribution is -0.001000.